The van der Waals surface area contributed by atoms with Crippen molar-refractivity contribution < 1.29 is 19.1 Å². The predicted molar refractivity (Wildman–Crippen MR) is 95.1 cm³/mol. The number of rotatable bonds is 5. The number of nitrogens with one attached hydrogen (secondary N) is 1. The lowest BCUT2D eigenvalue weighted by Crippen LogP contribution is -2.42. The van der Waals surface area contributed by atoms with E-state index in [9.17, 15) is 9.59 Å². The Bertz CT molecular complexity index is 659. The van der Waals surface area contributed by atoms with Gasteiger partial charge in [0, 0.05) is 18.8 Å². The fourth-order valence-electron chi connectivity index (χ4n) is 2.60. The lowest BCUT2D eigenvalue weighted by atomic mass is 10.1. The Hall–Kier alpha value is -1.50. The summed E-state index contributed by atoms with van der Waals surface area (Å²) in [5.74, 6) is 0.276. The van der Waals surface area contributed by atoms with Crippen LogP contribution in [0.25, 0.3) is 0 Å². The number of carbonyl (C=O) groups is 2. The number of alkyl halides is 2. The summed E-state index contributed by atoms with van der Waals surface area (Å²) in [6.07, 6.45) is 0.430. The summed E-state index contributed by atoms with van der Waals surface area (Å²) in [5.41, 5.74) is -0.148. The number of morpholine rings is 1. The third-order valence-corrected chi connectivity index (χ3v) is 5.70. The highest BCUT2D eigenvalue weighted by atomic mass is 35.5. The molecule has 1 atom stereocenters. The van der Waals surface area contributed by atoms with Gasteiger partial charge in [-0.25, -0.2) is 0 Å². The molecule has 3 rings (SSSR count). The number of hydrogen-bond donors (Lipinski definition) is 1. The van der Waals surface area contributed by atoms with Gasteiger partial charge in [-0.3, -0.25) is 9.59 Å². The zero-order chi connectivity index (χ0) is 18.1. The molecule has 0 radical (unpaired) electrons. The molecule has 0 bridgehead atoms. The van der Waals surface area contributed by atoms with Crippen LogP contribution in [-0.2, 0) is 14.3 Å². The summed E-state index contributed by atoms with van der Waals surface area (Å²) in [7, 11) is 0. The fourth-order valence-corrected chi connectivity index (χ4v) is 3.31. The third-order valence-electron chi connectivity index (χ3n) is 4.60. The summed E-state index contributed by atoms with van der Waals surface area (Å²) in [6.45, 7) is 4.01. The molecule has 1 aromatic rings. The van der Waals surface area contributed by atoms with Crippen molar-refractivity contribution in [2.45, 2.75) is 17.7 Å². The second-order valence-corrected chi connectivity index (χ2v) is 7.96. The molecule has 2 aliphatic rings. The number of anilines is 1. The lowest BCUT2D eigenvalue weighted by Gasteiger charge is -2.26. The Labute approximate surface area is 156 Å². The summed E-state index contributed by atoms with van der Waals surface area (Å²) >= 11 is 12.0. The van der Waals surface area contributed by atoms with Crippen LogP contribution in [-0.4, -0.2) is 54.0 Å². The van der Waals surface area contributed by atoms with Crippen molar-refractivity contribution in [3.8, 4) is 5.75 Å². The molecule has 0 spiro atoms. The van der Waals surface area contributed by atoms with Crippen LogP contribution in [0.4, 0.5) is 5.69 Å². The van der Waals surface area contributed by atoms with E-state index in [-0.39, 0.29) is 18.4 Å². The van der Waals surface area contributed by atoms with Crippen LogP contribution in [0.3, 0.4) is 0 Å². The zero-order valence-electron chi connectivity index (χ0n) is 13.9. The van der Waals surface area contributed by atoms with Crippen molar-refractivity contribution >= 4 is 40.7 Å². The van der Waals surface area contributed by atoms with Crippen LogP contribution in [0.1, 0.15) is 13.3 Å². The maximum atomic E-state index is 12.2. The standard InChI is InChI=1S/C17H20Cl2N2O4/c1-16(11-17(16,18)19)15(23)20-12-2-4-13(5-3-12)25-10-14(22)21-6-8-24-9-7-21/h2-5H,6-11H2,1H3,(H,20,23)/t16-/m0/s1. The highest BCUT2D eigenvalue weighted by molar-refractivity contribution is 6.53. The maximum Gasteiger partial charge on any atom is 0.260 e. The number of amides is 2. The number of benzene rings is 1. The van der Waals surface area contributed by atoms with E-state index in [0.29, 0.717) is 44.2 Å². The van der Waals surface area contributed by atoms with Crippen molar-refractivity contribution in [1.82, 2.24) is 4.90 Å². The molecule has 1 aromatic carbocycles. The van der Waals surface area contributed by atoms with Crippen LogP contribution in [0.2, 0.25) is 0 Å². The van der Waals surface area contributed by atoms with Gasteiger partial charge in [0.25, 0.3) is 5.91 Å². The van der Waals surface area contributed by atoms with Gasteiger partial charge in [0.05, 0.1) is 18.6 Å². The quantitative estimate of drug-likeness (QED) is 0.789. The normalized spacial score (nSPS) is 24.5. The first-order valence-electron chi connectivity index (χ1n) is 8.09. The van der Waals surface area contributed by atoms with E-state index in [1.165, 1.54) is 0 Å². The van der Waals surface area contributed by atoms with E-state index in [4.69, 9.17) is 32.7 Å². The number of hydrogen-bond acceptors (Lipinski definition) is 4. The van der Waals surface area contributed by atoms with Gasteiger partial charge in [-0.05, 0) is 37.6 Å². The van der Waals surface area contributed by atoms with Crippen molar-refractivity contribution in [2.24, 2.45) is 5.41 Å². The SMILES string of the molecule is C[C@@]1(C(=O)Nc2ccc(OCC(=O)N3CCOCC3)cc2)CC1(Cl)Cl. The van der Waals surface area contributed by atoms with Crippen molar-refractivity contribution in [2.75, 3.05) is 38.2 Å². The Balaban J connectivity index is 1.49. The van der Waals surface area contributed by atoms with Crippen LogP contribution in [0, 0.1) is 5.41 Å². The zero-order valence-corrected chi connectivity index (χ0v) is 15.4. The van der Waals surface area contributed by atoms with Crippen molar-refractivity contribution in [3.63, 3.8) is 0 Å². The molecular weight excluding hydrogens is 367 g/mol. The monoisotopic (exact) mass is 386 g/mol. The molecule has 1 heterocycles. The molecule has 0 unspecified atom stereocenters. The van der Waals surface area contributed by atoms with E-state index in [0.717, 1.165) is 0 Å². The second kappa shape index (κ2) is 7.02. The second-order valence-electron chi connectivity index (χ2n) is 6.47. The molecule has 2 fully saturated rings. The first-order valence-corrected chi connectivity index (χ1v) is 8.85. The van der Waals surface area contributed by atoms with E-state index in [1.807, 2.05) is 0 Å². The van der Waals surface area contributed by atoms with Gasteiger partial charge >= 0.3 is 0 Å². The van der Waals surface area contributed by atoms with Crippen molar-refractivity contribution in [3.05, 3.63) is 24.3 Å². The minimum atomic E-state index is -1.00. The summed E-state index contributed by atoms with van der Waals surface area (Å²) in [5, 5.41) is 2.79. The van der Waals surface area contributed by atoms with Gasteiger partial charge < -0.3 is 19.7 Å². The third kappa shape index (κ3) is 4.02. The molecule has 1 aliphatic heterocycles. The molecule has 2 amide bonds. The van der Waals surface area contributed by atoms with E-state index >= 15 is 0 Å². The summed E-state index contributed by atoms with van der Waals surface area (Å²) in [6, 6.07) is 6.82. The summed E-state index contributed by atoms with van der Waals surface area (Å²) in [4.78, 5) is 26.0. The topological polar surface area (TPSA) is 67.9 Å². The largest absolute Gasteiger partial charge is 0.484 e. The minimum absolute atomic E-state index is 0.0230. The Morgan fingerprint density at radius 3 is 2.40 bits per heavy atom. The molecule has 1 aliphatic carbocycles. The molecule has 25 heavy (non-hydrogen) atoms. The first kappa shape index (κ1) is 18.3. The number of halogens is 2. The van der Waals surface area contributed by atoms with Gasteiger partial charge in [0.15, 0.2) is 6.61 Å². The van der Waals surface area contributed by atoms with Crippen molar-refractivity contribution in [1.29, 1.82) is 0 Å². The Morgan fingerprint density at radius 2 is 1.84 bits per heavy atom. The average molecular weight is 387 g/mol. The maximum absolute atomic E-state index is 12.2. The Morgan fingerprint density at radius 1 is 1.24 bits per heavy atom. The first-order chi connectivity index (χ1) is 11.8. The number of carbonyl (C=O) groups excluding carboxylic acids is 2. The molecule has 0 aromatic heterocycles. The molecule has 8 heteroatoms. The lowest BCUT2D eigenvalue weighted by molar-refractivity contribution is -0.137. The smallest absolute Gasteiger partial charge is 0.260 e. The Kier molecular flexibility index (Phi) is 5.14. The fraction of sp³-hybridized carbons (Fsp3) is 0.529. The molecule has 6 nitrogen and oxygen atoms in total. The minimum Gasteiger partial charge on any atom is -0.484 e. The highest BCUT2D eigenvalue weighted by Crippen LogP contribution is 2.64. The van der Waals surface area contributed by atoms with Gasteiger partial charge in [-0.1, -0.05) is 0 Å². The van der Waals surface area contributed by atoms with Gasteiger partial charge in [-0.2, -0.15) is 0 Å². The number of ether oxygens (including phenoxy) is 2. The van der Waals surface area contributed by atoms with Gasteiger partial charge in [-0.15, -0.1) is 23.2 Å². The van der Waals surface area contributed by atoms with E-state index in [2.05, 4.69) is 5.32 Å². The summed E-state index contributed by atoms with van der Waals surface area (Å²) < 4.78 is 9.72. The molecule has 1 N–H and O–H groups in total. The molecule has 1 saturated heterocycles. The van der Waals surface area contributed by atoms with Crippen LogP contribution >= 0.6 is 23.2 Å². The molecule has 1 saturated carbocycles. The predicted octanol–water partition coefficient (Wildman–Crippen LogP) is 2.45. The van der Waals surface area contributed by atoms with Crippen LogP contribution in [0.5, 0.6) is 5.75 Å². The van der Waals surface area contributed by atoms with Crippen LogP contribution in [0.15, 0.2) is 24.3 Å². The highest BCUT2D eigenvalue weighted by Gasteiger charge is 2.67. The number of nitrogens with zero attached hydrogens (tertiary/aromatic N) is 1. The van der Waals surface area contributed by atoms with E-state index in [1.54, 1.807) is 36.1 Å². The van der Waals surface area contributed by atoms with E-state index < -0.39 is 9.75 Å². The van der Waals surface area contributed by atoms with Gasteiger partial charge in [0.1, 0.15) is 10.1 Å². The molecular formula is C17H20Cl2N2O4. The van der Waals surface area contributed by atoms with Crippen LogP contribution < -0.4 is 10.1 Å². The molecule has 136 valence electrons. The van der Waals surface area contributed by atoms with Gasteiger partial charge in [0.2, 0.25) is 5.91 Å². The average Bonchev–Trinajstić information content (AvgIpc) is 3.14.